The average molecular weight is 443 g/mol. The minimum absolute atomic E-state index is 0.107. The Labute approximate surface area is 189 Å². The summed E-state index contributed by atoms with van der Waals surface area (Å²) < 4.78 is 25.8. The maximum atomic E-state index is 12.9. The molecule has 0 aliphatic rings. The molecular weight excluding hydrogens is 416 g/mol. The Kier molecular flexibility index (Phi) is 7.10. The lowest BCUT2D eigenvalue weighted by Gasteiger charge is -2.10. The van der Waals surface area contributed by atoms with Gasteiger partial charge in [-0.3, -0.25) is 4.98 Å². The first kappa shape index (κ1) is 21.9. The Morgan fingerprint density at radius 2 is 1.53 bits per heavy atom. The Bertz CT molecular complexity index is 1250. The Hall–Kier alpha value is -3.28. The highest BCUT2D eigenvalue weighted by molar-refractivity contribution is 7.91. The topological polar surface area (TPSA) is 59.1 Å². The maximum absolute atomic E-state index is 12.9. The van der Waals surface area contributed by atoms with Crippen LogP contribution in [0.15, 0.2) is 108 Å². The van der Waals surface area contributed by atoms with Gasteiger partial charge in [0.15, 0.2) is 9.84 Å². The quantitative estimate of drug-likeness (QED) is 0.366. The first-order valence-electron chi connectivity index (χ1n) is 10.7. The lowest BCUT2D eigenvalue weighted by atomic mass is 9.98. The van der Waals surface area contributed by atoms with Gasteiger partial charge in [0.1, 0.15) is 0 Å². The van der Waals surface area contributed by atoms with E-state index in [0.717, 1.165) is 27.5 Å². The van der Waals surface area contributed by atoms with Crippen molar-refractivity contribution in [3.05, 3.63) is 115 Å². The van der Waals surface area contributed by atoms with Crippen LogP contribution in [0.1, 0.15) is 17.5 Å². The second-order valence-corrected chi connectivity index (χ2v) is 9.66. The van der Waals surface area contributed by atoms with Gasteiger partial charge in [-0.2, -0.15) is 0 Å². The minimum Gasteiger partial charge on any atom is -0.313 e. The molecule has 0 saturated heterocycles. The van der Waals surface area contributed by atoms with Gasteiger partial charge in [-0.15, -0.1) is 0 Å². The van der Waals surface area contributed by atoms with Gasteiger partial charge < -0.3 is 5.32 Å². The summed E-state index contributed by atoms with van der Waals surface area (Å²) in [6, 6.07) is 27.7. The van der Waals surface area contributed by atoms with Crippen molar-refractivity contribution in [2.45, 2.75) is 11.3 Å². The summed E-state index contributed by atoms with van der Waals surface area (Å²) in [5.41, 5.74) is 3.48. The van der Waals surface area contributed by atoms with Crippen molar-refractivity contribution in [1.29, 1.82) is 0 Å². The van der Waals surface area contributed by atoms with E-state index >= 15 is 0 Å². The predicted octanol–water partition coefficient (Wildman–Crippen LogP) is 5.12. The third-order valence-electron chi connectivity index (χ3n) is 5.36. The first-order valence-corrected chi connectivity index (χ1v) is 12.4. The van der Waals surface area contributed by atoms with E-state index in [-0.39, 0.29) is 5.75 Å². The van der Waals surface area contributed by atoms with E-state index in [1.165, 1.54) is 0 Å². The number of fused-ring (bicyclic) bond motifs is 1. The van der Waals surface area contributed by atoms with Crippen LogP contribution in [0.4, 0.5) is 0 Å². The highest BCUT2D eigenvalue weighted by atomic mass is 32.2. The molecule has 32 heavy (non-hydrogen) atoms. The number of benzene rings is 3. The fraction of sp³-hybridized carbons (Fsp3) is 0.148. The van der Waals surface area contributed by atoms with Crippen LogP contribution in [0.25, 0.3) is 16.3 Å². The van der Waals surface area contributed by atoms with Crippen LogP contribution in [0.2, 0.25) is 0 Å². The lowest BCUT2D eigenvalue weighted by molar-refractivity contribution is 0.591. The molecule has 4 aromatic rings. The fourth-order valence-corrected chi connectivity index (χ4v) is 5.33. The summed E-state index contributed by atoms with van der Waals surface area (Å²) >= 11 is 0. The molecular formula is C27H26N2O2S. The van der Waals surface area contributed by atoms with Crippen molar-refractivity contribution >= 4 is 26.2 Å². The highest BCUT2D eigenvalue weighted by Crippen LogP contribution is 2.24. The Morgan fingerprint density at radius 1 is 0.844 bits per heavy atom. The molecule has 4 rings (SSSR count). The largest absolute Gasteiger partial charge is 0.313 e. The number of pyridine rings is 1. The van der Waals surface area contributed by atoms with Crippen LogP contribution in [-0.2, 0) is 9.84 Å². The predicted molar refractivity (Wildman–Crippen MR) is 131 cm³/mol. The van der Waals surface area contributed by atoms with E-state index in [9.17, 15) is 8.42 Å². The molecule has 0 radical (unpaired) electrons. The zero-order valence-electron chi connectivity index (χ0n) is 17.8. The van der Waals surface area contributed by atoms with E-state index in [2.05, 4.69) is 40.6 Å². The normalized spacial score (nSPS) is 11.4. The van der Waals surface area contributed by atoms with Crippen molar-refractivity contribution in [1.82, 2.24) is 10.3 Å². The van der Waals surface area contributed by atoms with Gasteiger partial charge in [-0.1, -0.05) is 78.9 Å². The second kappa shape index (κ2) is 10.4. The number of hydrogen-bond acceptors (Lipinski definition) is 4. The number of nitrogens with zero attached hydrogens (tertiary/aromatic N) is 1. The van der Waals surface area contributed by atoms with Crippen molar-refractivity contribution < 1.29 is 8.42 Å². The number of aromatic nitrogens is 1. The number of rotatable bonds is 9. The van der Waals surface area contributed by atoms with Crippen molar-refractivity contribution in [3.8, 4) is 0 Å². The van der Waals surface area contributed by atoms with Gasteiger partial charge in [0, 0.05) is 29.7 Å². The Balaban J connectivity index is 1.37. The maximum Gasteiger partial charge on any atom is 0.179 e. The average Bonchev–Trinajstić information content (AvgIpc) is 2.84. The lowest BCUT2D eigenvalue weighted by Crippen LogP contribution is -2.19. The monoisotopic (exact) mass is 442 g/mol. The van der Waals surface area contributed by atoms with Crippen molar-refractivity contribution in [2.75, 3.05) is 18.8 Å². The second-order valence-electron chi connectivity index (χ2n) is 7.58. The minimum atomic E-state index is -3.36. The third-order valence-corrected chi connectivity index (χ3v) is 7.21. The summed E-state index contributed by atoms with van der Waals surface area (Å²) in [5.74, 6) is 0.107. The van der Waals surface area contributed by atoms with E-state index in [4.69, 9.17) is 0 Å². The highest BCUT2D eigenvalue weighted by Gasteiger charge is 2.16. The number of nitrogens with one attached hydrogen (secondary N) is 1. The number of hydrogen-bond donors (Lipinski definition) is 1. The first-order chi connectivity index (χ1) is 15.6. The zero-order valence-corrected chi connectivity index (χ0v) is 18.6. The van der Waals surface area contributed by atoms with Gasteiger partial charge in [-0.25, -0.2) is 8.42 Å². The van der Waals surface area contributed by atoms with Crippen molar-refractivity contribution in [2.24, 2.45) is 0 Å². The van der Waals surface area contributed by atoms with Crippen LogP contribution in [0, 0.1) is 0 Å². The smallest absolute Gasteiger partial charge is 0.179 e. The summed E-state index contributed by atoms with van der Waals surface area (Å²) in [6.45, 7) is 1.29. The molecule has 0 unspecified atom stereocenters. The van der Waals surface area contributed by atoms with Crippen LogP contribution < -0.4 is 5.32 Å². The molecule has 0 atom stereocenters. The SMILES string of the molecule is O=S(=O)(CCCNCC=C(c1ccccc1)c1ccccc1)c1cccc2cnccc12. The van der Waals surface area contributed by atoms with E-state index in [1.54, 1.807) is 30.6 Å². The molecule has 0 spiro atoms. The molecule has 0 saturated carbocycles. The molecule has 1 aromatic heterocycles. The van der Waals surface area contributed by atoms with Gasteiger partial charge in [-0.05, 0) is 41.8 Å². The molecule has 5 heteroatoms. The molecule has 0 aliphatic heterocycles. The van der Waals surface area contributed by atoms with Crippen molar-refractivity contribution in [3.63, 3.8) is 0 Å². The molecule has 0 amide bonds. The van der Waals surface area contributed by atoms with E-state index in [1.807, 2.05) is 42.5 Å². The van der Waals surface area contributed by atoms with Gasteiger partial charge in [0.05, 0.1) is 10.6 Å². The summed E-state index contributed by atoms with van der Waals surface area (Å²) in [4.78, 5) is 4.46. The van der Waals surface area contributed by atoms with Gasteiger partial charge >= 0.3 is 0 Å². The number of sulfone groups is 1. The van der Waals surface area contributed by atoms with E-state index in [0.29, 0.717) is 24.4 Å². The van der Waals surface area contributed by atoms with Crippen LogP contribution in [0.5, 0.6) is 0 Å². The summed E-state index contributed by atoms with van der Waals surface area (Å²) in [5, 5.41) is 4.94. The van der Waals surface area contributed by atoms with Gasteiger partial charge in [0.25, 0.3) is 0 Å². The standard InChI is InChI=1S/C27H26N2O2S/c30-32(31,27-14-7-13-24-21-29-19-16-26(24)27)20-8-17-28-18-15-25(22-9-3-1-4-10-22)23-11-5-2-6-12-23/h1-7,9-16,19,21,28H,8,17-18,20H2. The summed E-state index contributed by atoms with van der Waals surface area (Å²) in [6.07, 6.45) is 6.03. The molecule has 1 N–H and O–H groups in total. The zero-order chi connectivity index (χ0) is 22.2. The molecule has 1 heterocycles. The molecule has 4 nitrogen and oxygen atoms in total. The third kappa shape index (κ3) is 5.31. The molecule has 162 valence electrons. The molecule has 0 fully saturated rings. The Morgan fingerprint density at radius 3 is 2.22 bits per heavy atom. The van der Waals surface area contributed by atoms with Crippen LogP contribution in [0.3, 0.4) is 0 Å². The molecule has 3 aromatic carbocycles. The fourth-order valence-electron chi connectivity index (χ4n) is 3.78. The van der Waals surface area contributed by atoms with E-state index < -0.39 is 9.84 Å². The van der Waals surface area contributed by atoms with Crippen LogP contribution >= 0.6 is 0 Å². The van der Waals surface area contributed by atoms with Crippen LogP contribution in [-0.4, -0.2) is 32.2 Å². The van der Waals surface area contributed by atoms with Gasteiger partial charge in [0.2, 0.25) is 0 Å². The molecule has 0 bridgehead atoms. The molecule has 0 aliphatic carbocycles. The summed E-state index contributed by atoms with van der Waals surface area (Å²) in [7, 11) is -3.36.